The molecule has 1 aliphatic heterocycles. The van der Waals surface area contributed by atoms with Gasteiger partial charge in [-0.05, 0) is 98.5 Å². The Bertz CT molecular complexity index is 2130. The SMILES string of the molecule is CC1(C)OB(c2ccc3cccc(-c4c5ccccc5c(-c5cccc6ccccc56)c5ccccc45)c3c2)OC1(C)C. The fourth-order valence-electron chi connectivity index (χ4n) is 6.79. The summed E-state index contributed by atoms with van der Waals surface area (Å²) < 4.78 is 12.9. The highest BCUT2D eigenvalue weighted by atomic mass is 16.7. The third-order valence-electron chi connectivity index (χ3n) is 9.69. The van der Waals surface area contributed by atoms with Crippen LogP contribution in [0.4, 0.5) is 0 Å². The molecule has 8 rings (SSSR count). The molecule has 0 aliphatic carbocycles. The van der Waals surface area contributed by atoms with Gasteiger partial charge in [-0.3, -0.25) is 0 Å². The van der Waals surface area contributed by atoms with Crippen LogP contribution in [0.5, 0.6) is 0 Å². The second kappa shape index (κ2) is 9.54. The molecule has 1 saturated heterocycles. The summed E-state index contributed by atoms with van der Waals surface area (Å²) in [6.45, 7) is 8.43. The van der Waals surface area contributed by atoms with E-state index in [1.807, 2.05) is 0 Å². The molecule has 0 unspecified atom stereocenters. The van der Waals surface area contributed by atoms with Crippen LogP contribution < -0.4 is 5.46 Å². The monoisotopic (exact) mass is 556 g/mol. The van der Waals surface area contributed by atoms with Crippen molar-refractivity contribution < 1.29 is 9.31 Å². The number of benzene rings is 7. The number of fused-ring (bicyclic) bond motifs is 4. The van der Waals surface area contributed by atoms with Crippen molar-refractivity contribution in [2.75, 3.05) is 0 Å². The first-order chi connectivity index (χ1) is 20.8. The lowest BCUT2D eigenvalue weighted by Crippen LogP contribution is -2.41. The molecule has 1 aliphatic rings. The fourth-order valence-corrected chi connectivity index (χ4v) is 6.79. The van der Waals surface area contributed by atoms with E-state index in [9.17, 15) is 0 Å². The van der Waals surface area contributed by atoms with Crippen molar-refractivity contribution in [1.82, 2.24) is 0 Å². The lowest BCUT2D eigenvalue weighted by molar-refractivity contribution is 0.00578. The van der Waals surface area contributed by atoms with Crippen molar-refractivity contribution in [2.45, 2.75) is 38.9 Å². The minimum Gasteiger partial charge on any atom is -0.399 e. The molecule has 0 N–H and O–H groups in total. The average molecular weight is 557 g/mol. The molecule has 1 heterocycles. The molecule has 0 atom stereocenters. The van der Waals surface area contributed by atoms with Crippen LogP contribution in [0.15, 0.2) is 127 Å². The predicted molar refractivity (Wildman–Crippen MR) is 183 cm³/mol. The molecule has 208 valence electrons. The first kappa shape index (κ1) is 26.2. The van der Waals surface area contributed by atoms with E-state index in [4.69, 9.17) is 9.31 Å². The molecule has 1 fully saturated rings. The van der Waals surface area contributed by atoms with Crippen LogP contribution in [0.2, 0.25) is 0 Å². The Morgan fingerprint density at radius 2 is 0.837 bits per heavy atom. The van der Waals surface area contributed by atoms with Crippen molar-refractivity contribution in [3.05, 3.63) is 127 Å². The smallest absolute Gasteiger partial charge is 0.399 e. The summed E-state index contributed by atoms with van der Waals surface area (Å²) in [5, 5.41) is 9.92. The molecule has 0 saturated carbocycles. The summed E-state index contributed by atoms with van der Waals surface area (Å²) in [4.78, 5) is 0. The van der Waals surface area contributed by atoms with Gasteiger partial charge < -0.3 is 9.31 Å². The molecule has 7 aromatic rings. The molecular formula is C40H33BO2. The summed E-state index contributed by atoms with van der Waals surface area (Å²) in [6, 6.07) is 46.4. The number of hydrogen-bond donors (Lipinski definition) is 0. The maximum atomic E-state index is 6.46. The van der Waals surface area contributed by atoms with Gasteiger partial charge >= 0.3 is 7.12 Å². The van der Waals surface area contributed by atoms with Gasteiger partial charge in [-0.2, -0.15) is 0 Å². The van der Waals surface area contributed by atoms with Crippen LogP contribution in [0.3, 0.4) is 0 Å². The molecule has 2 nitrogen and oxygen atoms in total. The standard InChI is InChI=1S/C40H33BO2/c1-39(2)40(3,4)43-41(42-39)28-24-23-27-15-12-22-35(36(27)25-28)38-33-19-9-7-17-31(33)37(32-18-8-10-20-34(32)38)30-21-11-14-26-13-5-6-16-29(26)30/h5-25H,1-4H3. The van der Waals surface area contributed by atoms with E-state index >= 15 is 0 Å². The van der Waals surface area contributed by atoms with E-state index in [0.717, 1.165) is 5.46 Å². The molecule has 0 bridgehead atoms. The third kappa shape index (κ3) is 4.03. The average Bonchev–Trinajstić information content (AvgIpc) is 3.25. The Hall–Kier alpha value is -4.44. The Labute approximate surface area is 253 Å². The summed E-state index contributed by atoms with van der Waals surface area (Å²) in [5.41, 5.74) is 5.27. The Morgan fingerprint density at radius 1 is 0.419 bits per heavy atom. The molecule has 0 aromatic heterocycles. The first-order valence-corrected chi connectivity index (χ1v) is 15.1. The van der Waals surface area contributed by atoms with Crippen molar-refractivity contribution in [2.24, 2.45) is 0 Å². The normalized spacial score (nSPS) is 16.0. The zero-order valence-electron chi connectivity index (χ0n) is 25.0. The van der Waals surface area contributed by atoms with Crippen LogP contribution in [0.25, 0.3) is 65.3 Å². The maximum Gasteiger partial charge on any atom is 0.494 e. The highest BCUT2D eigenvalue weighted by molar-refractivity contribution is 6.62. The highest BCUT2D eigenvalue weighted by Gasteiger charge is 2.51. The minimum atomic E-state index is -0.412. The molecule has 43 heavy (non-hydrogen) atoms. The van der Waals surface area contributed by atoms with E-state index < -0.39 is 18.3 Å². The number of rotatable bonds is 3. The topological polar surface area (TPSA) is 18.5 Å². The predicted octanol–water partition coefficient (Wildman–Crippen LogP) is 9.93. The van der Waals surface area contributed by atoms with Gasteiger partial charge in [0, 0.05) is 0 Å². The van der Waals surface area contributed by atoms with Gasteiger partial charge in [-0.25, -0.2) is 0 Å². The Balaban J connectivity index is 1.43. The Morgan fingerprint density at radius 3 is 1.37 bits per heavy atom. The molecular weight excluding hydrogens is 523 g/mol. The lowest BCUT2D eigenvalue weighted by Gasteiger charge is -2.32. The van der Waals surface area contributed by atoms with Crippen LogP contribution >= 0.6 is 0 Å². The Kier molecular flexibility index (Phi) is 5.81. The van der Waals surface area contributed by atoms with E-state index in [1.165, 1.54) is 65.3 Å². The molecule has 0 radical (unpaired) electrons. The number of hydrogen-bond acceptors (Lipinski definition) is 2. The van der Waals surface area contributed by atoms with Gasteiger partial charge in [-0.15, -0.1) is 0 Å². The summed E-state index contributed by atoms with van der Waals surface area (Å²) in [5.74, 6) is 0. The third-order valence-corrected chi connectivity index (χ3v) is 9.69. The zero-order valence-corrected chi connectivity index (χ0v) is 25.0. The van der Waals surface area contributed by atoms with Crippen molar-refractivity contribution in [3.8, 4) is 22.3 Å². The van der Waals surface area contributed by atoms with Gasteiger partial charge in [0.1, 0.15) is 0 Å². The molecule has 0 spiro atoms. The quantitative estimate of drug-likeness (QED) is 0.159. The van der Waals surface area contributed by atoms with Crippen LogP contribution in [-0.2, 0) is 9.31 Å². The second-order valence-electron chi connectivity index (χ2n) is 12.7. The summed E-state index contributed by atoms with van der Waals surface area (Å²) >= 11 is 0. The van der Waals surface area contributed by atoms with E-state index in [1.54, 1.807) is 0 Å². The highest BCUT2D eigenvalue weighted by Crippen LogP contribution is 2.46. The van der Waals surface area contributed by atoms with Crippen molar-refractivity contribution in [3.63, 3.8) is 0 Å². The lowest BCUT2D eigenvalue weighted by atomic mass is 9.77. The van der Waals surface area contributed by atoms with Crippen molar-refractivity contribution >= 4 is 55.7 Å². The summed E-state index contributed by atoms with van der Waals surface area (Å²) in [6.07, 6.45) is 0. The van der Waals surface area contributed by atoms with E-state index in [0.29, 0.717) is 0 Å². The first-order valence-electron chi connectivity index (χ1n) is 15.1. The van der Waals surface area contributed by atoms with Crippen LogP contribution in [0, 0.1) is 0 Å². The zero-order chi connectivity index (χ0) is 29.3. The molecule has 3 heteroatoms. The largest absolute Gasteiger partial charge is 0.494 e. The fraction of sp³-hybridized carbons (Fsp3) is 0.150. The van der Waals surface area contributed by atoms with Crippen molar-refractivity contribution in [1.29, 1.82) is 0 Å². The van der Waals surface area contributed by atoms with E-state index in [-0.39, 0.29) is 0 Å². The molecule has 0 amide bonds. The molecule has 7 aromatic carbocycles. The van der Waals surface area contributed by atoms with E-state index in [2.05, 4.69) is 155 Å². The van der Waals surface area contributed by atoms with Gasteiger partial charge in [-0.1, -0.05) is 127 Å². The van der Waals surface area contributed by atoms with Gasteiger partial charge in [0.25, 0.3) is 0 Å². The van der Waals surface area contributed by atoms with Gasteiger partial charge in [0.2, 0.25) is 0 Å². The van der Waals surface area contributed by atoms with Crippen LogP contribution in [-0.4, -0.2) is 18.3 Å². The second-order valence-corrected chi connectivity index (χ2v) is 12.7. The van der Waals surface area contributed by atoms with Crippen LogP contribution in [0.1, 0.15) is 27.7 Å². The summed E-state index contributed by atoms with van der Waals surface area (Å²) in [7, 11) is -0.412. The maximum absolute atomic E-state index is 6.46. The van der Waals surface area contributed by atoms with Gasteiger partial charge in [0.15, 0.2) is 0 Å². The van der Waals surface area contributed by atoms with Gasteiger partial charge in [0.05, 0.1) is 11.2 Å². The minimum absolute atomic E-state index is 0.393.